The zero-order valence-corrected chi connectivity index (χ0v) is 20.9. The van der Waals surface area contributed by atoms with Gasteiger partial charge >= 0.3 is 0 Å². The number of anilines is 1. The summed E-state index contributed by atoms with van der Waals surface area (Å²) in [6.45, 7) is 1.96. The molecule has 2 aliphatic carbocycles. The van der Waals surface area contributed by atoms with Crippen molar-refractivity contribution in [3.8, 4) is 0 Å². The fourth-order valence-electron chi connectivity index (χ4n) is 5.29. The topological polar surface area (TPSA) is 79.0 Å². The number of aromatic amines is 1. The first-order chi connectivity index (χ1) is 17.5. The van der Waals surface area contributed by atoms with E-state index in [1.165, 1.54) is 0 Å². The fourth-order valence-corrected chi connectivity index (χ4v) is 6.97. The van der Waals surface area contributed by atoms with E-state index in [9.17, 15) is 8.42 Å². The lowest BCUT2D eigenvalue weighted by Gasteiger charge is -2.38. The Morgan fingerprint density at radius 2 is 1.64 bits per heavy atom. The third-order valence-electron chi connectivity index (χ3n) is 7.53. The van der Waals surface area contributed by atoms with Crippen molar-refractivity contribution in [1.29, 1.82) is 0 Å². The molecule has 0 amide bonds. The SMILES string of the molecule is Cc1ccc(S(=O)(=O)N(c2n[nH]c3c2C=CC(c2ccccc2)(c2ccncc2)C3)C2CCC2)cc1. The summed E-state index contributed by atoms with van der Waals surface area (Å²) in [6.07, 6.45) is 11.2. The van der Waals surface area contributed by atoms with E-state index in [0.29, 0.717) is 17.1 Å². The zero-order valence-electron chi connectivity index (χ0n) is 20.1. The molecule has 1 N–H and O–H groups in total. The number of nitrogens with one attached hydrogen (secondary N) is 1. The van der Waals surface area contributed by atoms with E-state index in [2.05, 4.69) is 33.4 Å². The highest BCUT2D eigenvalue weighted by Crippen LogP contribution is 2.44. The van der Waals surface area contributed by atoms with Crippen LogP contribution in [-0.4, -0.2) is 29.6 Å². The standard InChI is InChI=1S/C29H28N4O2S/c1-21-10-12-25(13-11-21)36(34,35)33(24-8-5-9-24)28-26-14-17-29(20-27(26)31-32-28,22-6-3-2-4-7-22)23-15-18-30-19-16-23/h2-4,6-7,10-19,24H,5,8-9,20H2,1H3,(H,31,32). The molecular weight excluding hydrogens is 468 g/mol. The first-order valence-electron chi connectivity index (χ1n) is 12.3. The van der Waals surface area contributed by atoms with Crippen molar-refractivity contribution in [2.75, 3.05) is 4.31 Å². The van der Waals surface area contributed by atoms with Crippen LogP contribution in [-0.2, 0) is 21.9 Å². The van der Waals surface area contributed by atoms with Gasteiger partial charge in [0.15, 0.2) is 5.82 Å². The van der Waals surface area contributed by atoms with Crippen LogP contribution >= 0.6 is 0 Å². The number of benzene rings is 2. The summed E-state index contributed by atoms with van der Waals surface area (Å²) in [7, 11) is -3.76. The van der Waals surface area contributed by atoms with Gasteiger partial charge < -0.3 is 0 Å². The van der Waals surface area contributed by atoms with Gasteiger partial charge in [-0.3, -0.25) is 10.1 Å². The van der Waals surface area contributed by atoms with Crippen molar-refractivity contribution in [1.82, 2.24) is 15.2 Å². The Morgan fingerprint density at radius 1 is 0.944 bits per heavy atom. The lowest BCUT2D eigenvalue weighted by molar-refractivity contribution is 0.413. The number of H-pyrrole nitrogens is 1. The number of hydrogen-bond acceptors (Lipinski definition) is 4. The largest absolute Gasteiger partial charge is 0.280 e. The Bertz CT molecular complexity index is 1470. The lowest BCUT2D eigenvalue weighted by atomic mass is 9.69. The lowest BCUT2D eigenvalue weighted by Crippen LogP contribution is -2.45. The number of sulfonamides is 1. The molecule has 6 nitrogen and oxygen atoms in total. The highest BCUT2D eigenvalue weighted by Gasteiger charge is 2.41. The minimum absolute atomic E-state index is 0.0851. The number of fused-ring (bicyclic) bond motifs is 1. The average molecular weight is 497 g/mol. The van der Waals surface area contributed by atoms with Crippen molar-refractivity contribution >= 4 is 21.9 Å². The maximum atomic E-state index is 13.9. The minimum atomic E-state index is -3.76. The summed E-state index contributed by atoms with van der Waals surface area (Å²) in [4.78, 5) is 4.51. The summed E-state index contributed by atoms with van der Waals surface area (Å²) in [5, 5.41) is 7.84. The second-order valence-corrected chi connectivity index (χ2v) is 11.5. The van der Waals surface area contributed by atoms with Crippen LogP contribution in [0.4, 0.5) is 5.82 Å². The van der Waals surface area contributed by atoms with E-state index >= 15 is 0 Å². The smallest absolute Gasteiger partial charge is 0.265 e. The van der Waals surface area contributed by atoms with Gasteiger partial charge in [0, 0.05) is 41.5 Å². The molecule has 7 heteroatoms. The molecule has 2 aromatic carbocycles. The maximum absolute atomic E-state index is 13.9. The van der Waals surface area contributed by atoms with Gasteiger partial charge in [0.25, 0.3) is 10.0 Å². The third kappa shape index (κ3) is 3.66. The monoisotopic (exact) mass is 496 g/mol. The van der Waals surface area contributed by atoms with Crippen molar-refractivity contribution in [2.45, 2.75) is 49.0 Å². The van der Waals surface area contributed by atoms with Crippen LogP contribution in [0.15, 0.2) is 90.1 Å². The van der Waals surface area contributed by atoms with Gasteiger partial charge in [-0.2, -0.15) is 5.10 Å². The predicted octanol–water partition coefficient (Wildman–Crippen LogP) is 5.42. The van der Waals surface area contributed by atoms with Crippen molar-refractivity contribution in [3.05, 3.63) is 113 Å². The minimum Gasteiger partial charge on any atom is -0.280 e. The molecule has 182 valence electrons. The van der Waals surface area contributed by atoms with Gasteiger partial charge in [0.1, 0.15) is 0 Å². The Labute approximate surface area is 211 Å². The van der Waals surface area contributed by atoms with Crippen molar-refractivity contribution in [2.24, 2.45) is 0 Å². The summed E-state index contributed by atoms with van der Waals surface area (Å²) in [6, 6.07) is 21.4. The molecule has 1 unspecified atom stereocenters. The molecule has 1 saturated carbocycles. The van der Waals surface area contributed by atoms with Gasteiger partial charge in [0.2, 0.25) is 0 Å². The average Bonchev–Trinajstić information content (AvgIpc) is 3.29. The summed E-state index contributed by atoms with van der Waals surface area (Å²) >= 11 is 0. The van der Waals surface area contributed by atoms with Crippen molar-refractivity contribution < 1.29 is 8.42 Å². The van der Waals surface area contributed by atoms with Gasteiger partial charge in [-0.05, 0) is 61.6 Å². The van der Waals surface area contributed by atoms with Crippen LogP contribution in [0.5, 0.6) is 0 Å². The van der Waals surface area contributed by atoms with Gasteiger partial charge in [-0.15, -0.1) is 0 Å². The first-order valence-corrected chi connectivity index (χ1v) is 13.8. The number of pyridine rings is 1. The quantitative estimate of drug-likeness (QED) is 0.387. The van der Waals surface area contributed by atoms with Gasteiger partial charge in [-0.1, -0.05) is 60.2 Å². The maximum Gasteiger partial charge on any atom is 0.265 e. The Kier molecular flexibility index (Phi) is 5.52. The van der Waals surface area contributed by atoms with E-state index in [0.717, 1.165) is 47.2 Å². The van der Waals surface area contributed by atoms with Crippen LogP contribution in [0.1, 0.15) is 47.2 Å². The second kappa shape index (κ2) is 8.75. The molecule has 0 aliphatic heterocycles. The van der Waals surface area contributed by atoms with E-state index in [-0.39, 0.29) is 6.04 Å². The first kappa shape index (κ1) is 22.7. The third-order valence-corrected chi connectivity index (χ3v) is 9.39. The number of allylic oxidation sites excluding steroid dienone is 1. The summed E-state index contributed by atoms with van der Waals surface area (Å²) in [5.74, 6) is 0.489. The second-order valence-electron chi connectivity index (χ2n) is 9.72. The van der Waals surface area contributed by atoms with Crippen molar-refractivity contribution in [3.63, 3.8) is 0 Å². The molecule has 0 spiro atoms. The number of nitrogens with zero attached hydrogens (tertiary/aromatic N) is 3. The van der Waals surface area contributed by atoms with E-state index in [1.54, 1.807) is 16.4 Å². The van der Waals surface area contributed by atoms with Crippen LogP contribution in [0.3, 0.4) is 0 Å². The van der Waals surface area contributed by atoms with E-state index in [1.807, 2.05) is 67.9 Å². The molecular formula is C29H28N4O2S. The zero-order chi connectivity index (χ0) is 24.8. The molecule has 4 aromatic rings. The number of aryl methyl sites for hydroxylation is 1. The van der Waals surface area contributed by atoms with Crippen LogP contribution in [0, 0.1) is 6.92 Å². The number of aromatic nitrogens is 3. The molecule has 1 fully saturated rings. The molecule has 0 saturated heterocycles. The highest BCUT2D eigenvalue weighted by atomic mass is 32.2. The molecule has 0 radical (unpaired) electrons. The molecule has 1 atom stereocenters. The van der Waals surface area contributed by atoms with Crippen LogP contribution in [0.2, 0.25) is 0 Å². The fraction of sp³-hybridized carbons (Fsp3) is 0.241. The van der Waals surface area contributed by atoms with Crippen LogP contribution in [0.25, 0.3) is 6.08 Å². The molecule has 36 heavy (non-hydrogen) atoms. The molecule has 2 heterocycles. The van der Waals surface area contributed by atoms with Gasteiger partial charge in [-0.25, -0.2) is 12.7 Å². The summed E-state index contributed by atoms with van der Waals surface area (Å²) < 4.78 is 29.3. The Balaban J connectivity index is 1.46. The highest BCUT2D eigenvalue weighted by molar-refractivity contribution is 7.92. The molecule has 2 aliphatic rings. The van der Waals surface area contributed by atoms with E-state index in [4.69, 9.17) is 0 Å². The van der Waals surface area contributed by atoms with Gasteiger partial charge in [0.05, 0.1) is 4.90 Å². The Morgan fingerprint density at radius 3 is 2.31 bits per heavy atom. The van der Waals surface area contributed by atoms with E-state index < -0.39 is 15.4 Å². The van der Waals surface area contributed by atoms with Crippen LogP contribution < -0.4 is 4.31 Å². The Hall–Kier alpha value is -3.71. The predicted molar refractivity (Wildman–Crippen MR) is 141 cm³/mol. The molecule has 0 bridgehead atoms. The number of rotatable bonds is 6. The number of hydrogen-bond donors (Lipinski definition) is 1. The molecule has 2 aromatic heterocycles. The molecule has 6 rings (SSSR count). The summed E-state index contributed by atoms with van der Waals surface area (Å²) in [5.41, 5.74) is 4.69. The normalized spacial score (nSPS) is 19.5.